The zero-order valence-corrected chi connectivity index (χ0v) is 8.14. The first-order chi connectivity index (χ1) is 6.59. The molecule has 0 aliphatic heterocycles. The standard InChI is InChI=1S/C10H12N2O2/c1-7(2)11-12-9-5-3-4-8(6-9)10(13)14/h3-7H,1-2H3,(H,13,14)/b12-11-. The molecule has 0 aliphatic rings. The van der Waals surface area contributed by atoms with E-state index in [2.05, 4.69) is 10.2 Å². The molecule has 4 nitrogen and oxygen atoms in total. The summed E-state index contributed by atoms with van der Waals surface area (Å²) in [6, 6.07) is 6.50. The second-order valence-electron chi connectivity index (χ2n) is 3.16. The van der Waals surface area contributed by atoms with Crippen LogP contribution in [0.4, 0.5) is 5.69 Å². The Balaban J connectivity index is 2.89. The first kappa shape index (κ1) is 10.4. The van der Waals surface area contributed by atoms with Crippen molar-refractivity contribution in [3.63, 3.8) is 0 Å². The van der Waals surface area contributed by atoms with Crippen LogP contribution in [0.3, 0.4) is 0 Å². The summed E-state index contributed by atoms with van der Waals surface area (Å²) in [6.07, 6.45) is 0. The number of nitrogens with zero attached hydrogens (tertiary/aromatic N) is 2. The molecule has 0 bridgehead atoms. The maximum absolute atomic E-state index is 10.6. The van der Waals surface area contributed by atoms with Gasteiger partial charge in [-0.15, -0.1) is 0 Å². The number of carbonyl (C=O) groups is 1. The number of azo groups is 1. The van der Waals surface area contributed by atoms with Gasteiger partial charge in [0.25, 0.3) is 0 Å². The third kappa shape index (κ3) is 2.97. The van der Waals surface area contributed by atoms with Crippen LogP contribution in [0, 0.1) is 0 Å². The third-order valence-corrected chi connectivity index (χ3v) is 1.50. The first-order valence-corrected chi connectivity index (χ1v) is 4.34. The summed E-state index contributed by atoms with van der Waals surface area (Å²) in [7, 11) is 0. The quantitative estimate of drug-likeness (QED) is 0.748. The Morgan fingerprint density at radius 1 is 1.43 bits per heavy atom. The van der Waals surface area contributed by atoms with Gasteiger partial charge in [0, 0.05) is 0 Å². The molecule has 0 radical (unpaired) electrons. The van der Waals surface area contributed by atoms with Crippen molar-refractivity contribution in [3.8, 4) is 0 Å². The summed E-state index contributed by atoms with van der Waals surface area (Å²) in [6.45, 7) is 3.81. The van der Waals surface area contributed by atoms with Crippen LogP contribution in [0.1, 0.15) is 24.2 Å². The average Bonchev–Trinajstić information content (AvgIpc) is 2.15. The van der Waals surface area contributed by atoms with Gasteiger partial charge in [0.15, 0.2) is 0 Å². The molecule has 0 atom stereocenters. The molecule has 1 aromatic rings. The minimum Gasteiger partial charge on any atom is -0.478 e. The molecule has 74 valence electrons. The fourth-order valence-electron chi connectivity index (χ4n) is 0.883. The van der Waals surface area contributed by atoms with E-state index in [0.717, 1.165) is 0 Å². The summed E-state index contributed by atoms with van der Waals surface area (Å²) in [5.74, 6) is -0.952. The summed E-state index contributed by atoms with van der Waals surface area (Å²) < 4.78 is 0. The first-order valence-electron chi connectivity index (χ1n) is 4.34. The van der Waals surface area contributed by atoms with E-state index in [0.29, 0.717) is 5.69 Å². The van der Waals surface area contributed by atoms with Crippen LogP contribution in [0.5, 0.6) is 0 Å². The normalized spacial score (nSPS) is 11.1. The molecule has 14 heavy (non-hydrogen) atoms. The fraction of sp³-hybridized carbons (Fsp3) is 0.300. The lowest BCUT2D eigenvalue weighted by atomic mass is 10.2. The van der Waals surface area contributed by atoms with E-state index in [1.165, 1.54) is 12.1 Å². The number of carboxylic acids is 1. The number of benzene rings is 1. The Morgan fingerprint density at radius 2 is 2.14 bits per heavy atom. The van der Waals surface area contributed by atoms with Crippen LogP contribution in [-0.2, 0) is 0 Å². The molecule has 0 saturated carbocycles. The third-order valence-electron chi connectivity index (χ3n) is 1.50. The van der Waals surface area contributed by atoms with Crippen molar-refractivity contribution in [2.45, 2.75) is 19.9 Å². The monoisotopic (exact) mass is 192 g/mol. The molecule has 0 aromatic heterocycles. The van der Waals surface area contributed by atoms with Gasteiger partial charge < -0.3 is 5.11 Å². The number of rotatable bonds is 3. The number of hydrogen-bond acceptors (Lipinski definition) is 3. The van der Waals surface area contributed by atoms with E-state index >= 15 is 0 Å². The van der Waals surface area contributed by atoms with Gasteiger partial charge >= 0.3 is 5.97 Å². The van der Waals surface area contributed by atoms with E-state index in [1.807, 2.05) is 13.8 Å². The van der Waals surface area contributed by atoms with Crippen molar-refractivity contribution in [2.75, 3.05) is 0 Å². The largest absolute Gasteiger partial charge is 0.478 e. The molecule has 1 N–H and O–H groups in total. The zero-order chi connectivity index (χ0) is 10.6. The van der Waals surface area contributed by atoms with Gasteiger partial charge in [-0.25, -0.2) is 4.79 Å². The Kier molecular flexibility index (Phi) is 3.34. The maximum atomic E-state index is 10.6. The van der Waals surface area contributed by atoms with Crippen LogP contribution in [0.15, 0.2) is 34.5 Å². The van der Waals surface area contributed by atoms with Crippen LogP contribution < -0.4 is 0 Å². The van der Waals surface area contributed by atoms with Gasteiger partial charge in [-0.3, -0.25) is 0 Å². The van der Waals surface area contributed by atoms with Crippen molar-refractivity contribution < 1.29 is 9.90 Å². The van der Waals surface area contributed by atoms with Gasteiger partial charge in [-0.1, -0.05) is 6.07 Å². The minimum atomic E-state index is -0.952. The Bertz CT molecular complexity index is 359. The highest BCUT2D eigenvalue weighted by Crippen LogP contribution is 2.15. The van der Waals surface area contributed by atoms with Crippen LogP contribution in [-0.4, -0.2) is 17.1 Å². The molecule has 0 spiro atoms. The van der Waals surface area contributed by atoms with Crippen molar-refractivity contribution in [3.05, 3.63) is 29.8 Å². The van der Waals surface area contributed by atoms with Gasteiger partial charge in [0.05, 0.1) is 17.3 Å². The SMILES string of the molecule is CC(C)/N=N\c1cccc(C(=O)O)c1. The Hall–Kier alpha value is -1.71. The lowest BCUT2D eigenvalue weighted by molar-refractivity contribution is 0.0697. The number of hydrogen-bond donors (Lipinski definition) is 1. The summed E-state index contributed by atoms with van der Waals surface area (Å²) in [5.41, 5.74) is 0.795. The topological polar surface area (TPSA) is 62.0 Å². The lowest BCUT2D eigenvalue weighted by Gasteiger charge is -1.96. The van der Waals surface area contributed by atoms with E-state index in [4.69, 9.17) is 5.11 Å². The minimum absolute atomic E-state index is 0.114. The highest BCUT2D eigenvalue weighted by Gasteiger charge is 2.02. The average molecular weight is 192 g/mol. The summed E-state index contributed by atoms with van der Waals surface area (Å²) in [5, 5.41) is 16.6. The van der Waals surface area contributed by atoms with E-state index in [9.17, 15) is 4.79 Å². The van der Waals surface area contributed by atoms with E-state index in [1.54, 1.807) is 12.1 Å². The molecule has 0 aliphatic carbocycles. The van der Waals surface area contributed by atoms with Crippen molar-refractivity contribution in [1.29, 1.82) is 0 Å². The highest BCUT2D eigenvalue weighted by atomic mass is 16.4. The van der Waals surface area contributed by atoms with Crippen molar-refractivity contribution in [2.24, 2.45) is 10.2 Å². The van der Waals surface area contributed by atoms with E-state index in [-0.39, 0.29) is 11.6 Å². The number of carboxylic acid groups (broad SMARTS) is 1. The Labute approximate surface area is 82.3 Å². The molecule has 0 unspecified atom stereocenters. The molecule has 1 aromatic carbocycles. The number of aromatic carboxylic acids is 1. The van der Waals surface area contributed by atoms with Gasteiger partial charge in [-0.2, -0.15) is 10.2 Å². The molecule has 0 amide bonds. The molecular weight excluding hydrogens is 180 g/mol. The van der Waals surface area contributed by atoms with Crippen LogP contribution >= 0.6 is 0 Å². The summed E-state index contributed by atoms with van der Waals surface area (Å²) in [4.78, 5) is 10.6. The zero-order valence-electron chi connectivity index (χ0n) is 8.14. The van der Waals surface area contributed by atoms with Gasteiger partial charge in [0.1, 0.15) is 0 Å². The molecule has 0 saturated heterocycles. The second kappa shape index (κ2) is 4.50. The maximum Gasteiger partial charge on any atom is 0.335 e. The molecule has 0 heterocycles. The predicted octanol–water partition coefficient (Wildman–Crippen LogP) is 2.88. The molecule has 0 fully saturated rings. The molecule has 1 rings (SSSR count). The highest BCUT2D eigenvalue weighted by molar-refractivity contribution is 5.88. The predicted molar refractivity (Wildman–Crippen MR) is 53.1 cm³/mol. The summed E-state index contributed by atoms with van der Waals surface area (Å²) >= 11 is 0. The lowest BCUT2D eigenvalue weighted by Crippen LogP contribution is -1.94. The second-order valence-corrected chi connectivity index (χ2v) is 3.16. The van der Waals surface area contributed by atoms with Gasteiger partial charge in [-0.05, 0) is 32.0 Å². The van der Waals surface area contributed by atoms with Gasteiger partial charge in [0.2, 0.25) is 0 Å². The fourth-order valence-corrected chi connectivity index (χ4v) is 0.883. The van der Waals surface area contributed by atoms with E-state index < -0.39 is 5.97 Å². The van der Waals surface area contributed by atoms with Crippen LogP contribution in [0.25, 0.3) is 0 Å². The Morgan fingerprint density at radius 3 is 2.71 bits per heavy atom. The van der Waals surface area contributed by atoms with Crippen molar-refractivity contribution >= 4 is 11.7 Å². The molecular formula is C10H12N2O2. The van der Waals surface area contributed by atoms with Crippen LogP contribution in [0.2, 0.25) is 0 Å². The smallest absolute Gasteiger partial charge is 0.335 e. The van der Waals surface area contributed by atoms with Crippen molar-refractivity contribution in [1.82, 2.24) is 0 Å². The molecule has 4 heteroatoms.